The minimum Gasteiger partial charge on any atom is -0.341 e. The molecule has 0 spiro atoms. The van der Waals surface area contributed by atoms with Gasteiger partial charge in [0.15, 0.2) is 0 Å². The molecule has 27 heavy (non-hydrogen) atoms. The third-order valence-corrected chi connectivity index (χ3v) is 5.08. The number of hydrogen-bond donors (Lipinski definition) is 2. The van der Waals surface area contributed by atoms with Crippen LogP contribution in [-0.2, 0) is 11.2 Å². The van der Waals surface area contributed by atoms with Crippen molar-refractivity contribution in [3.05, 3.63) is 70.9 Å². The summed E-state index contributed by atoms with van der Waals surface area (Å²) in [5, 5.41) is 16.7. The van der Waals surface area contributed by atoms with Crippen molar-refractivity contribution in [2.24, 2.45) is 0 Å². The molecule has 3 rings (SSSR count). The van der Waals surface area contributed by atoms with Crippen LogP contribution in [0, 0.1) is 17.1 Å². The third-order valence-electron chi connectivity index (χ3n) is 4.07. The van der Waals surface area contributed by atoms with Gasteiger partial charge < -0.3 is 10.6 Å². The first-order chi connectivity index (χ1) is 13.1. The van der Waals surface area contributed by atoms with Gasteiger partial charge in [-0.15, -0.1) is 11.3 Å². The summed E-state index contributed by atoms with van der Waals surface area (Å²) < 4.78 is 15.0. The van der Waals surface area contributed by atoms with E-state index in [-0.39, 0.29) is 18.5 Å². The molecule has 136 valence electrons. The molecule has 0 bridgehead atoms. The second-order valence-corrected chi connectivity index (χ2v) is 6.75. The Morgan fingerprint density at radius 1 is 1.15 bits per heavy atom. The Morgan fingerprint density at radius 2 is 1.89 bits per heavy atom. The van der Waals surface area contributed by atoms with Crippen LogP contribution in [0.1, 0.15) is 15.9 Å². The maximum absolute atomic E-state index is 13.9. The molecular formula is C20H16FN3O2S. The second-order valence-electron chi connectivity index (χ2n) is 5.84. The van der Waals surface area contributed by atoms with Gasteiger partial charge in [-0.25, -0.2) is 4.39 Å². The Labute approximate surface area is 159 Å². The van der Waals surface area contributed by atoms with Gasteiger partial charge in [-0.05, 0) is 34.5 Å². The number of benzene rings is 2. The van der Waals surface area contributed by atoms with Gasteiger partial charge in [0.2, 0.25) is 5.91 Å². The van der Waals surface area contributed by atoms with Crippen molar-refractivity contribution < 1.29 is 14.0 Å². The van der Waals surface area contributed by atoms with E-state index in [1.165, 1.54) is 18.2 Å². The predicted octanol–water partition coefficient (Wildman–Crippen LogP) is 3.02. The number of thiophene rings is 1. The predicted molar refractivity (Wildman–Crippen MR) is 102 cm³/mol. The Hall–Kier alpha value is -3.24. The van der Waals surface area contributed by atoms with E-state index in [0.717, 1.165) is 15.6 Å². The number of hydrogen-bond acceptors (Lipinski definition) is 4. The van der Waals surface area contributed by atoms with Crippen LogP contribution in [-0.4, -0.2) is 24.4 Å². The summed E-state index contributed by atoms with van der Waals surface area (Å²) in [6.45, 7) is -0.171. The Balaban J connectivity index is 1.85. The minimum absolute atomic E-state index is 0.134. The fourth-order valence-corrected chi connectivity index (χ4v) is 3.73. The van der Waals surface area contributed by atoms with Crippen LogP contribution in [0.15, 0.2) is 53.9 Å². The van der Waals surface area contributed by atoms with Crippen molar-refractivity contribution in [2.45, 2.75) is 12.5 Å². The van der Waals surface area contributed by atoms with Crippen LogP contribution < -0.4 is 10.6 Å². The summed E-state index contributed by atoms with van der Waals surface area (Å²) in [7, 11) is 0. The average molecular weight is 381 g/mol. The minimum atomic E-state index is -0.927. The number of carbonyl (C=O) groups excluding carboxylic acids is 2. The fraction of sp³-hybridized carbons (Fsp3) is 0.150. The molecule has 2 aromatic carbocycles. The summed E-state index contributed by atoms with van der Waals surface area (Å²) >= 11 is 1.55. The zero-order valence-corrected chi connectivity index (χ0v) is 15.1. The van der Waals surface area contributed by atoms with Gasteiger partial charge >= 0.3 is 0 Å². The van der Waals surface area contributed by atoms with Gasteiger partial charge in [-0.3, -0.25) is 9.59 Å². The first kappa shape index (κ1) is 18.5. The summed E-state index contributed by atoms with van der Waals surface area (Å²) in [5.74, 6) is -1.83. The fourth-order valence-electron chi connectivity index (χ4n) is 2.75. The number of rotatable bonds is 6. The maximum atomic E-state index is 13.9. The zero-order valence-electron chi connectivity index (χ0n) is 14.2. The van der Waals surface area contributed by atoms with Crippen molar-refractivity contribution in [3.63, 3.8) is 0 Å². The number of nitrogens with one attached hydrogen (secondary N) is 2. The molecule has 2 N–H and O–H groups in total. The number of halogens is 1. The molecule has 0 aliphatic heterocycles. The maximum Gasteiger partial charge on any atom is 0.254 e. The Morgan fingerprint density at radius 3 is 2.67 bits per heavy atom. The van der Waals surface area contributed by atoms with Crippen LogP contribution in [0.2, 0.25) is 0 Å². The molecule has 0 saturated heterocycles. The van der Waals surface area contributed by atoms with E-state index in [1.54, 1.807) is 17.4 Å². The SMILES string of the molecule is N#CCNC(=O)C(Cc1csc2ccccc12)NC(=O)c1ccccc1F. The molecular weight excluding hydrogens is 365 g/mol. The van der Waals surface area contributed by atoms with Gasteiger partial charge in [0, 0.05) is 11.1 Å². The molecule has 5 nitrogen and oxygen atoms in total. The van der Waals surface area contributed by atoms with Gasteiger partial charge in [0.1, 0.15) is 18.4 Å². The molecule has 0 aliphatic rings. The monoisotopic (exact) mass is 381 g/mol. The second kappa shape index (κ2) is 8.43. The van der Waals surface area contributed by atoms with Crippen molar-refractivity contribution >= 4 is 33.2 Å². The standard InChI is InChI=1S/C20H16FN3O2S/c21-16-7-3-1-6-15(16)19(25)24-17(20(26)23-10-9-22)11-13-12-27-18-8-4-2-5-14(13)18/h1-8,12,17H,10-11H2,(H,23,26)(H,24,25). The van der Waals surface area contributed by atoms with E-state index >= 15 is 0 Å². The number of carbonyl (C=O) groups is 2. The largest absolute Gasteiger partial charge is 0.341 e. The van der Waals surface area contributed by atoms with Crippen molar-refractivity contribution in [1.82, 2.24) is 10.6 Å². The van der Waals surface area contributed by atoms with Gasteiger partial charge in [-0.1, -0.05) is 30.3 Å². The van der Waals surface area contributed by atoms with Gasteiger partial charge in [-0.2, -0.15) is 5.26 Å². The van der Waals surface area contributed by atoms with Crippen molar-refractivity contribution in [2.75, 3.05) is 6.54 Å². The lowest BCUT2D eigenvalue weighted by molar-refractivity contribution is -0.122. The number of amides is 2. The highest BCUT2D eigenvalue weighted by atomic mass is 32.1. The molecule has 7 heteroatoms. The molecule has 3 aromatic rings. The normalized spacial score (nSPS) is 11.6. The van der Waals surface area contributed by atoms with Crippen LogP contribution >= 0.6 is 11.3 Å². The Bertz CT molecular complexity index is 1030. The van der Waals surface area contributed by atoms with Gasteiger partial charge in [0.25, 0.3) is 5.91 Å². The first-order valence-corrected chi connectivity index (χ1v) is 9.13. The highest BCUT2D eigenvalue weighted by Crippen LogP contribution is 2.26. The molecule has 0 fully saturated rings. The van der Waals surface area contributed by atoms with Crippen molar-refractivity contribution in [3.8, 4) is 6.07 Å². The molecule has 0 saturated carbocycles. The van der Waals surface area contributed by atoms with E-state index in [4.69, 9.17) is 5.26 Å². The highest BCUT2D eigenvalue weighted by Gasteiger charge is 2.24. The Kier molecular flexibility index (Phi) is 5.79. The molecule has 1 unspecified atom stereocenters. The number of nitriles is 1. The third kappa shape index (κ3) is 4.30. The van der Waals surface area contributed by atoms with E-state index in [2.05, 4.69) is 10.6 Å². The van der Waals surface area contributed by atoms with Crippen molar-refractivity contribution in [1.29, 1.82) is 5.26 Å². The van der Waals surface area contributed by atoms with Crippen LogP contribution in [0.5, 0.6) is 0 Å². The lowest BCUT2D eigenvalue weighted by Crippen LogP contribution is -2.48. The quantitative estimate of drug-likeness (QED) is 0.644. The molecule has 0 radical (unpaired) electrons. The molecule has 0 aliphatic carbocycles. The zero-order chi connectivity index (χ0) is 19.2. The van der Waals surface area contributed by atoms with Crippen LogP contribution in [0.3, 0.4) is 0 Å². The van der Waals surface area contributed by atoms with E-state index in [9.17, 15) is 14.0 Å². The molecule has 2 amide bonds. The molecule has 1 atom stereocenters. The summed E-state index contributed by atoms with van der Waals surface area (Å²) in [4.78, 5) is 24.9. The van der Waals surface area contributed by atoms with Crippen LogP contribution in [0.4, 0.5) is 4.39 Å². The lowest BCUT2D eigenvalue weighted by Gasteiger charge is -2.18. The van der Waals surface area contributed by atoms with E-state index in [1.807, 2.05) is 35.7 Å². The first-order valence-electron chi connectivity index (χ1n) is 8.25. The van der Waals surface area contributed by atoms with E-state index in [0.29, 0.717) is 0 Å². The van der Waals surface area contributed by atoms with Gasteiger partial charge in [0.05, 0.1) is 11.6 Å². The molecule has 1 heterocycles. The average Bonchev–Trinajstić information content (AvgIpc) is 3.09. The molecule has 1 aromatic heterocycles. The summed E-state index contributed by atoms with van der Waals surface area (Å²) in [6, 6.07) is 14.2. The topological polar surface area (TPSA) is 82.0 Å². The lowest BCUT2D eigenvalue weighted by atomic mass is 10.0. The smallest absolute Gasteiger partial charge is 0.254 e. The number of nitrogens with zero attached hydrogens (tertiary/aromatic N) is 1. The summed E-state index contributed by atoms with van der Waals surface area (Å²) in [6.07, 6.45) is 0.238. The highest BCUT2D eigenvalue weighted by molar-refractivity contribution is 7.17. The summed E-state index contributed by atoms with van der Waals surface area (Å²) in [5.41, 5.74) is 0.771. The van der Waals surface area contributed by atoms with E-state index < -0.39 is 23.7 Å². The van der Waals surface area contributed by atoms with Crippen LogP contribution in [0.25, 0.3) is 10.1 Å². The number of fused-ring (bicyclic) bond motifs is 1.